The van der Waals surface area contributed by atoms with Gasteiger partial charge in [0.2, 0.25) is 0 Å². The summed E-state index contributed by atoms with van der Waals surface area (Å²) in [7, 11) is 0. The van der Waals surface area contributed by atoms with E-state index in [-0.39, 0.29) is 6.04 Å². The van der Waals surface area contributed by atoms with Gasteiger partial charge in [-0.25, -0.2) is 0 Å². The Morgan fingerprint density at radius 3 is 2.12 bits per heavy atom. The molecule has 17 heavy (non-hydrogen) atoms. The minimum atomic E-state index is -0.625. The van der Waals surface area contributed by atoms with Gasteiger partial charge in [-0.3, -0.25) is 9.69 Å². The third-order valence-electron chi connectivity index (χ3n) is 3.67. The summed E-state index contributed by atoms with van der Waals surface area (Å²) in [5.74, 6) is 0.295. The van der Waals surface area contributed by atoms with Crippen LogP contribution in [-0.2, 0) is 4.79 Å². The average molecular weight is 241 g/mol. The molecule has 0 aliphatic heterocycles. The fourth-order valence-electron chi connectivity index (χ4n) is 2.70. The first-order valence-electron chi connectivity index (χ1n) is 6.99. The maximum absolute atomic E-state index is 11.5. The molecule has 0 radical (unpaired) electrons. The van der Waals surface area contributed by atoms with Crippen LogP contribution in [-0.4, -0.2) is 34.6 Å². The highest BCUT2D eigenvalue weighted by atomic mass is 16.4. The Balaban J connectivity index is 2.81. The predicted molar refractivity (Wildman–Crippen MR) is 70.1 cm³/mol. The van der Waals surface area contributed by atoms with E-state index in [2.05, 4.69) is 32.6 Å². The molecule has 0 aromatic heterocycles. The number of nitrogens with zero attached hydrogens (tertiary/aromatic N) is 1. The van der Waals surface area contributed by atoms with E-state index in [0.29, 0.717) is 17.9 Å². The van der Waals surface area contributed by atoms with Crippen LogP contribution in [0.1, 0.15) is 53.4 Å². The third-order valence-corrected chi connectivity index (χ3v) is 3.67. The van der Waals surface area contributed by atoms with Crippen LogP contribution in [0, 0.1) is 11.8 Å². The van der Waals surface area contributed by atoms with E-state index in [1.165, 1.54) is 0 Å². The number of carboxylic acids is 1. The van der Waals surface area contributed by atoms with Crippen molar-refractivity contribution in [2.24, 2.45) is 11.8 Å². The molecule has 100 valence electrons. The summed E-state index contributed by atoms with van der Waals surface area (Å²) < 4.78 is 0. The van der Waals surface area contributed by atoms with Gasteiger partial charge in [-0.1, -0.05) is 27.7 Å². The number of hydrogen-bond acceptors (Lipinski definition) is 2. The number of hydrogen-bond donors (Lipinski definition) is 1. The molecule has 0 aromatic rings. The molecule has 1 fully saturated rings. The second-order valence-corrected chi connectivity index (χ2v) is 5.68. The normalized spacial score (nSPS) is 18.1. The largest absolute Gasteiger partial charge is 0.480 e. The highest BCUT2D eigenvalue weighted by molar-refractivity contribution is 5.74. The Hall–Kier alpha value is -0.570. The molecule has 0 saturated heterocycles. The Morgan fingerprint density at radius 1 is 1.29 bits per heavy atom. The molecule has 3 nitrogen and oxygen atoms in total. The molecule has 3 heteroatoms. The van der Waals surface area contributed by atoms with Crippen molar-refractivity contribution in [3.05, 3.63) is 0 Å². The molecular formula is C14H27NO2. The zero-order valence-corrected chi connectivity index (χ0v) is 11.6. The van der Waals surface area contributed by atoms with Crippen LogP contribution in [0.3, 0.4) is 0 Å². The molecule has 1 rings (SSSR count). The molecule has 0 heterocycles. The fraction of sp³-hybridized carbons (Fsp3) is 0.929. The molecule has 1 atom stereocenters. The van der Waals surface area contributed by atoms with Crippen molar-refractivity contribution in [3.63, 3.8) is 0 Å². The molecule has 0 aromatic carbocycles. The molecule has 0 spiro atoms. The van der Waals surface area contributed by atoms with Gasteiger partial charge >= 0.3 is 5.97 Å². The van der Waals surface area contributed by atoms with Gasteiger partial charge in [-0.15, -0.1) is 0 Å². The summed E-state index contributed by atoms with van der Waals surface area (Å²) >= 11 is 0. The highest BCUT2D eigenvalue weighted by Crippen LogP contribution is 2.37. The van der Waals surface area contributed by atoms with Crippen LogP contribution in [0.15, 0.2) is 0 Å². The van der Waals surface area contributed by atoms with Gasteiger partial charge in [-0.2, -0.15) is 0 Å². The Kier molecular flexibility index (Phi) is 5.44. The maximum Gasteiger partial charge on any atom is 0.321 e. The van der Waals surface area contributed by atoms with Crippen LogP contribution >= 0.6 is 0 Å². The number of rotatable bonds is 8. The summed E-state index contributed by atoms with van der Waals surface area (Å²) in [6.45, 7) is 9.56. The minimum Gasteiger partial charge on any atom is -0.480 e. The van der Waals surface area contributed by atoms with Crippen molar-refractivity contribution in [3.8, 4) is 0 Å². The standard InChI is InChI=1S/C14H27NO2/c1-5-12(6-2)15(9-10(3)4)13(14(16)17)11-7-8-11/h10-13H,5-9H2,1-4H3,(H,16,17). The smallest absolute Gasteiger partial charge is 0.321 e. The predicted octanol–water partition coefficient (Wildman–Crippen LogP) is 3.00. The SMILES string of the molecule is CCC(CC)N(CC(C)C)C(C(=O)O)C1CC1. The topological polar surface area (TPSA) is 40.5 Å². The lowest BCUT2D eigenvalue weighted by atomic mass is 10.0. The van der Waals surface area contributed by atoms with Crippen molar-refractivity contribution < 1.29 is 9.90 Å². The maximum atomic E-state index is 11.5. The van der Waals surface area contributed by atoms with E-state index in [1.807, 2.05) is 0 Å². The molecular weight excluding hydrogens is 214 g/mol. The zero-order valence-electron chi connectivity index (χ0n) is 11.6. The van der Waals surface area contributed by atoms with Crippen LogP contribution in [0.2, 0.25) is 0 Å². The summed E-state index contributed by atoms with van der Waals surface area (Å²) in [5, 5.41) is 9.47. The Labute approximate surface area is 105 Å². The van der Waals surface area contributed by atoms with Gasteiger partial charge in [0, 0.05) is 12.6 Å². The van der Waals surface area contributed by atoms with Crippen LogP contribution in [0.5, 0.6) is 0 Å². The van der Waals surface area contributed by atoms with E-state index in [0.717, 1.165) is 32.2 Å². The summed E-state index contributed by atoms with van der Waals surface area (Å²) in [6.07, 6.45) is 4.26. The Morgan fingerprint density at radius 2 is 1.82 bits per heavy atom. The number of carbonyl (C=O) groups is 1. The van der Waals surface area contributed by atoms with E-state index >= 15 is 0 Å². The number of carboxylic acid groups (broad SMARTS) is 1. The van der Waals surface area contributed by atoms with Crippen LogP contribution in [0.4, 0.5) is 0 Å². The van der Waals surface area contributed by atoms with Crippen LogP contribution in [0.25, 0.3) is 0 Å². The van der Waals surface area contributed by atoms with Gasteiger partial charge in [0.05, 0.1) is 0 Å². The lowest BCUT2D eigenvalue weighted by Gasteiger charge is -2.36. The zero-order chi connectivity index (χ0) is 13.0. The monoisotopic (exact) mass is 241 g/mol. The molecule has 1 N–H and O–H groups in total. The minimum absolute atomic E-state index is 0.248. The molecule has 1 aliphatic rings. The number of aliphatic carboxylic acids is 1. The van der Waals surface area contributed by atoms with E-state index in [1.54, 1.807) is 0 Å². The van der Waals surface area contributed by atoms with Gasteiger partial charge < -0.3 is 5.11 Å². The lowest BCUT2D eigenvalue weighted by molar-refractivity contribution is -0.145. The highest BCUT2D eigenvalue weighted by Gasteiger charge is 2.42. The third kappa shape index (κ3) is 3.98. The van der Waals surface area contributed by atoms with E-state index in [9.17, 15) is 9.90 Å². The van der Waals surface area contributed by atoms with Gasteiger partial charge in [0.1, 0.15) is 6.04 Å². The van der Waals surface area contributed by atoms with Crippen LogP contribution < -0.4 is 0 Å². The van der Waals surface area contributed by atoms with Crippen molar-refractivity contribution in [1.82, 2.24) is 4.90 Å². The lowest BCUT2D eigenvalue weighted by Crippen LogP contribution is -2.49. The first kappa shape index (κ1) is 14.5. The van der Waals surface area contributed by atoms with Crippen molar-refractivity contribution in [2.75, 3.05) is 6.54 Å². The van der Waals surface area contributed by atoms with Crippen molar-refractivity contribution in [2.45, 2.75) is 65.5 Å². The van der Waals surface area contributed by atoms with Gasteiger partial charge in [-0.05, 0) is 37.5 Å². The molecule has 0 bridgehead atoms. The quantitative estimate of drug-likeness (QED) is 0.710. The molecule has 1 aliphatic carbocycles. The molecule has 0 amide bonds. The second kappa shape index (κ2) is 6.39. The van der Waals surface area contributed by atoms with Gasteiger partial charge in [0.25, 0.3) is 0 Å². The first-order valence-corrected chi connectivity index (χ1v) is 6.99. The Bertz CT molecular complexity index is 245. The second-order valence-electron chi connectivity index (χ2n) is 5.68. The summed E-state index contributed by atoms with van der Waals surface area (Å²) in [6, 6.07) is 0.168. The van der Waals surface area contributed by atoms with Crippen molar-refractivity contribution >= 4 is 5.97 Å². The molecule has 1 unspecified atom stereocenters. The van der Waals surface area contributed by atoms with Crippen molar-refractivity contribution in [1.29, 1.82) is 0 Å². The summed E-state index contributed by atoms with van der Waals surface area (Å²) in [5.41, 5.74) is 0. The first-order chi connectivity index (χ1) is 8.01. The van der Waals surface area contributed by atoms with E-state index in [4.69, 9.17) is 0 Å². The average Bonchev–Trinajstić information content (AvgIpc) is 3.02. The summed E-state index contributed by atoms with van der Waals surface area (Å²) in [4.78, 5) is 13.8. The fourth-order valence-corrected chi connectivity index (χ4v) is 2.70. The van der Waals surface area contributed by atoms with E-state index < -0.39 is 5.97 Å². The molecule has 1 saturated carbocycles. The van der Waals surface area contributed by atoms with Gasteiger partial charge in [0.15, 0.2) is 0 Å².